The minimum Gasteiger partial charge on any atom is -0.313 e. The summed E-state index contributed by atoms with van der Waals surface area (Å²) in [6, 6.07) is 6.30. The zero-order valence-electron chi connectivity index (χ0n) is 11.0. The first-order chi connectivity index (χ1) is 9.43. The smallest absolute Gasteiger partial charge is 0.161 e. The topological polar surface area (TPSA) is 12.0 Å². The third kappa shape index (κ3) is 2.81. The van der Waals surface area contributed by atoms with Crippen molar-refractivity contribution in [3.63, 3.8) is 0 Å². The van der Waals surface area contributed by atoms with E-state index >= 15 is 0 Å². The Morgan fingerprint density at radius 2 is 1.65 bits per heavy atom. The van der Waals surface area contributed by atoms with Crippen molar-refractivity contribution in [3.8, 4) is 11.1 Å². The summed E-state index contributed by atoms with van der Waals surface area (Å²) in [6.07, 6.45) is 0. The van der Waals surface area contributed by atoms with Gasteiger partial charge >= 0.3 is 0 Å². The molecule has 0 aliphatic rings. The fourth-order valence-corrected chi connectivity index (χ4v) is 2.29. The molecule has 0 spiro atoms. The van der Waals surface area contributed by atoms with Gasteiger partial charge in [0, 0.05) is 22.7 Å². The summed E-state index contributed by atoms with van der Waals surface area (Å²) >= 11 is 6.15. The lowest BCUT2D eigenvalue weighted by Crippen LogP contribution is -2.12. The standard InChI is InChI=1S/C15H13ClF3N/c1-8(20-2)10-4-3-9(5-12(10)16)11-6-14(18)15(19)7-13(11)17/h3-8,20H,1-2H3. The number of hydrogen-bond donors (Lipinski definition) is 1. The fraction of sp³-hybridized carbons (Fsp3) is 0.200. The number of nitrogens with one attached hydrogen (secondary N) is 1. The van der Waals surface area contributed by atoms with Gasteiger partial charge in [0.05, 0.1) is 0 Å². The highest BCUT2D eigenvalue weighted by Gasteiger charge is 2.14. The number of hydrogen-bond acceptors (Lipinski definition) is 1. The number of halogens is 4. The van der Waals surface area contributed by atoms with Crippen molar-refractivity contribution in [3.05, 3.63) is 58.4 Å². The third-order valence-electron chi connectivity index (χ3n) is 3.22. The highest BCUT2D eigenvalue weighted by molar-refractivity contribution is 6.31. The summed E-state index contributed by atoms with van der Waals surface area (Å²) in [7, 11) is 1.80. The van der Waals surface area contributed by atoms with E-state index in [4.69, 9.17) is 11.6 Å². The summed E-state index contributed by atoms with van der Waals surface area (Å²) < 4.78 is 39.9. The van der Waals surface area contributed by atoms with Gasteiger partial charge in [0.1, 0.15) is 5.82 Å². The molecule has 0 radical (unpaired) electrons. The summed E-state index contributed by atoms with van der Waals surface area (Å²) in [4.78, 5) is 0. The molecule has 0 saturated heterocycles. The van der Waals surface area contributed by atoms with Crippen LogP contribution in [0.5, 0.6) is 0 Å². The van der Waals surface area contributed by atoms with Crippen molar-refractivity contribution in [1.82, 2.24) is 5.32 Å². The van der Waals surface area contributed by atoms with E-state index < -0.39 is 17.5 Å². The summed E-state index contributed by atoms with van der Waals surface area (Å²) in [6.45, 7) is 1.93. The van der Waals surface area contributed by atoms with Crippen molar-refractivity contribution in [1.29, 1.82) is 0 Å². The Morgan fingerprint density at radius 3 is 2.25 bits per heavy atom. The van der Waals surface area contributed by atoms with E-state index in [-0.39, 0.29) is 11.6 Å². The van der Waals surface area contributed by atoms with Crippen LogP contribution in [0, 0.1) is 17.5 Å². The van der Waals surface area contributed by atoms with Crippen molar-refractivity contribution in [2.45, 2.75) is 13.0 Å². The maximum absolute atomic E-state index is 13.7. The average Bonchev–Trinajstić information content (AvgIpc) is 2.42. The first kappa shape index (κ1) is 14.9. The second kappa shape index (κ2) is 5.85. The van der Waals surface area contributed by atoms with Gasteiger partial charge in [-0.05, 0) is 37.2 Å². The van der Waals surface area contributed by atoms with Gasteiger partial charge in [0.25, 0.3) is 0 Å². The van der Waals surface area contributed by atoms with Gasteiger partial charge in [-0.2, -0.15) is 0 Å². The molecule has 0 amide bonds. The molecule has 5 heteroatoms. The largest absolute Gasteiger partial charge is 0.313 e. The number of benzene rings is 2. The first-order valence-electron chi connectivity index (χ1n) is 6.05. The lowest BCUT2D eigenvalue weighted by molar-refractivity contribution is 0.496. The van der Waals surface area contributed by atoms with Crippen LogP contribution in [0.3, 0.4) is 0 Å². The number of rotatable bonds is 3. The predicted molar refractivity (Wildman–Crippen MR) is 74.2 cm³/mol. The van der Waals surface area contributed by atoms with E-state index in [0.29, 0.717) is 16.7 Å². The van der Waals surface area contributed by atoms with Gasteiger partial charge in [-0.15, -0.1) is 0 Å². The molecule has 0 aliphatic heterocycles. The van der Waals surface area contributed by atoms with E-state index in [2.05, 4.69) is 5.32 Å². The molecule has 0 fully saturated rings. The first-order valence-corrected chi connectivity index (χ1v) is 6.43. The van der Waals surface area contributed by atoms with Crippen molar-refractivity contribution in [2.75, 3.05) is 7.05 Å². The van der Waals surface area contributed by atoms with Crippen LogP contribution in [-0.2, 0) is 0 Å². The Kier molecular flexibility index (Phi) is 4.35. The van der Waals surface area contributed by atoms with E-state index in [9.17, 15) is 13.2 Å². The molecule has 106 valence electrons. The van der Waals surface area contributed by atoms with Crippen LogP contribution in [0.15, 0.2) is 30.3 Å². The zero-order chi connectivity index (χ0) is 14.9. The fourth-order valence-electron chi connectivity index (χ4n) is 1.95. The summed E-state index contributed by atoms with van der Waals surface area (Å²) in [5, 5.41) is 3.48. The van der Waals surface area contributed by atoms with Gasteiger partial charge < -0.3 is 5.32 Å². The molecule has 1 nitrogen and oxygen atoms in total. The maximum atomic E-state index is 13.7. The molecule has 2 aromatic rings. The van der Waals surface area contributed by atoms with Crippen LogP contribution < -0.4 is 5.32 Å². The highest BCUT2D eigenvalue weighted by Crippen LogP contribution is 2.31. The Hall–Kier alpha value is -1.52. The lowest BCUT2D eigenvalue weighted by atomic mass is 10.0. The molecule has 0 aromatic heterocycles. The van der Waals surface area contributed by atoms with Gasteiger partial charge in [-0.1, -0.05) is 23.7 Å². The molecule has 2 aromatic carbocycles. The van der Waals surface area contributed by atoms with Crippen molar-refractivity contribution < 1.29 is 13.2 Å². The lowest BCUT2D eigenvalue weighted by Gasteiger charge is -2.14. The average molecular weight is 300 g/mol. The zero-order valence-corrected chi connectivity index (χ0v) is 11.7. The second-order valence-corrected chi connectivity index (χ2v) is 4.90. The second-order valence-electron chi connectivity index (χ2n) is 4.49. The van der Waals surface area contributed by atoms with Crippen LogP contribution in [0.1, 0.15) is 18.5 Å². The van der Waals surface area contributed by atoms with E-state index in [1.165, 1.54) is 0 Å². The molecule has 20 heavy (non-hydrogen) atoms. The molecule has 1 unspecified atom stereocenters. The van der Waals surface area contributed by atoms with E-state index in [0.717, 1.165) is 11.6 Å². The molecule has 1 atom stereocenters. The summed E-state index contributed by atoms with van der Waals surface area (Å²) in [5.74, 6) is -3.13. The summed E-state index contributed by atoms with van der Waals surface area (Å²) in [5.41, 5.74) is 1.23. The molecule has 2 rings (SSSR count). The maximum Gasteiger partial charge on any atom is 0.161 e. The van der Waals surface area contributed by atoms with Crippen LogP contribution in [0.25, 0.3) is 11.1 Å². The van der Waals surface area contributed by atoms with Crippen molar-refractivity contribution in [2.24, 2.45) is 0 Å². The van der Waals surface area contributed by atoms with Crippen LogP contribution in [-0.4, -0.2) is 7.05 Å². The third-order valence-corrected chi connectivity index (χ3v) is 3.55. The monoisotopic (exact) mass is 299 g/mol. The molecule has 0 bridgehead atoms. The van der Waals surface area contributed by atoms with Crippen LogP contribution in [0.4, 0.5) is 13.2 Å². The van der Waals surface area contributed by atoms with Gasteiger partial charge in [0.2, 0.25) is 0 Å². The predicted octanol–water partition coefficient (Wildman–Crippen LogP) is 4.70. The van der Waals surface area contributed by atoms with Gasteiger partial charge in [0.15, 0.2) is 11.6 Å². The van der Waals surface area contributed by atoms with Crippen LogP contribution in [0.2, 0.25) is 5.02 Å². The van der Waals surface area contributed by atoms with E-state index in [1.807, 2.05) is 6.92 Å². The Morgan fingerprint density at radius 1 is 1.00 bits per heavy atom. The SMILES string of the molecule is CNC(C)c1ccc(-c2cc(F)c(F)cc2F)cc1Cl. The normalized spacial score (nSPS) is 12.5. The highest BCUT2D eigenvalue weighted by atomic mass is 35.5. The Labute approximate surface area is 120 Å². The van der Waals surface area contributed by atoms with Gasteiger partial charge in [-0.25, -0.2) is 13.2 Å². The molecular formula is C15H13ClF3N. The molecule has 0 aliphatic carbocycles. The van der Waals surface area contributed by atoms with E-state index in [1.54, 1.807) is 25.2 Å². The molecule has 1 N–H and O–H groups in total. The Balaban J connectivity index is 2.49. The molecule has 0 heterocycles. The quantitative estimate of drug-likeness (QED) is 0.810. The Bertz CT molecular complexity index is 643. The minimum absolute atomic E-state index is 0.0190. The molecule has 0 saturated carbocycles. The minimum atomic E-state index is -1.21. The molecular weight excluding hydrogens is 287 g/mol. The van der Waals surface area contributed by atoms with Crippen molar-refractivity contribution >= 4 is 11.6 Å². The van der Waals surface area contributed by atoms with Crippen LogP contribution >= 0.6 is 11.6 Å². The van der Waals surface area contributed by atoms with Gasteiger partial charge in [-0.3, -0.25) is 0 Å².